The van der Waals surface area contributed by atoms with Crippen LogP contribution in [-0.4, -0.2) is 22.9 Å². The fourth-order valence-electron chi connectivity index (χ4n) is 14.5. The third kappa shape index (κ3) is 5.04. The normalized spacial score (nSPS) is 12.6. The van der Waals surface area contributed by atoms with Gasteiger partial charge in [0.15, 0.2) is 0 Å². The highest BCUT2D eigenvalue weighted by molar-refractivity contribution is 6.41. The first-order valence-corrected chi connectivity index (χ1v) is 27.0. The molecule has 0 atom stereocenters. The van der Waals surface area contributed by atoms with Gasteiger partial charge >= 0.3 is 0 Å². The van der Waals surface area contributed by atoms with E-state index in [0.717, 1.165) is 22.5 Å². The van der Waals surface area contributed by atoms with Gasteiger partial charge < -0.3 is 13.5 Å². The summed E-state index contributed by atoms with van der Waals surface area (Å²) in [4.78, 5) is 5.74. The zero-order valence-electron chi connectivity index (χ0n) is 41.9. The van der Waals surface area contributed by atoms with Gasteiger partial charge in [0.05, 0.1) is 55.8 Å². The number of pyridine rings is 1. The number of hydrogen-bond acceptors (Lipinski definition) is 1. The lowest BCUT2D eigenvalue weighted by Crippen LogP contribution is -1.93. The molecule has 0 amide bonds. The van der Waals surface area contributed by atoms with Gasteiger partial charge in [-0.2, -0.15) is 0 Å². The van der Waals surface area contributed by atoms with E-state index in [-0.39, 0.29) is 0 Å². The van der Waals surface area contributed by atoms with Gasteiger partial charge in [-0.05, 0) is 105 Å². The van der Waals surface area contributed by atoms with Crippen LogP contribution in [0.5, 0.6) is 0 Å². The highest BCUT2D eigenvalue weighted by atomic mass is 15.0. The molecule has 0 unspecified atom stereocenters. The minimum atomic E-state index is 0.978. The molecule has 0 saturated heterocycles. The Morgan fingerprint density at radius 2 is 0.769 bits per heavy atom. The highest BCUT2D eigenvalue weighted by Gasteiger charge is 2.29. The Balaban J connectivity index is 0.934. The maximum Gasteiger partial charge on any atom is 0.146 e. The molecule has 5 nitrogen and oxygen atoms in total. The van der Waals surface area contributed by atoms with Crippen molar-refractivity contribution in [1.29, 1.82) is 0 Å². The highest BCUT2D eigenvalue weighted by Crippen LogP contribution is 2.52. The van der Waals surface area contributed by atoms with Crippen molar-refractivity contribution in [3.05, 3.63) is 249 Å². The van der Waals surface area contributed by atoms with E-state index in [1.54, 1.807) is 0 Å². The van der Waals surface area contributed by atoms with Gasteiger partial charge in [0, 0.05) is 87.1 Å². The van der Waals surface area contributed by atoms with Gasteiger partial charge in [-0.3, -0.25) is 4.40 Å². The van der Waals surface area contributed by atoms with Crippen molar-refractivity contribution in [2.75, 3.05) is 0 Å². The van der Waals surface area contributed by atoms with E-state index in [1.807, 2.05) is 0 Å². The van der Waals surface area contributed by atoms with Crippen molar-refractivity contribution in [1.82, 2.24) is 22.9 Å². The summed E-state index contributed by atoms with van der Waals surface area (Å²) >= 11 is 0. The van der Waals surface area contributed by atoms with E-state index in [4.69, 9.17) is 4.98 Å². The summed E-state index contributed by atoms with van der Waals surface area (Å²) in [5.74, 6) is 0. The van der Waals surface area contributed by atoms with Crippen LogP contribution in [0.2, 0.25) is 0 Å². The molecule has 78 heavy (non-hydrogen) atoms. The van der Waals surface area contributed by atoms with Crippen LogP contribution in [0.3, 0.4) is 0 Å². The first kappa shape index (κ1) is 40.8. The zero-order valence-corrected chi connectivity index (χ0v) is 41.9. The molecule has 7 heterocycles. The van der Waals surface area contributed by atoms with Crippen LogP contribution >= 0.6 is 0 Å². The number of hydrogen-bond donors (Lipinski definition) is 0. The molecule has 0 aliphatic rings. The van der Waals surface area contributed by atoms with E-state index in [0.29, 0.717) is 0 Å². The quantitative estimate of drug-likeness (QED) is 0.173. The van der Waals surface area contributed by atoms with Crippen molar-refractivity contribution in [3.8, 4) is 33.6 Å². The molecule has 0 spiro atoms. The lowest BCUT2D eigenvalue weighted by molar-refractivity contribution is 1.18. The van der Waals surface area contributed by atoms with Crippen molar-refractivity contribution < 1.29 is 0 Å². The summed E-state index contributed by atoms with van der Waals surface area (Å²) < 4.78 is 9.89. The Morgan fingerprint density at radius 1 is 0.256 bits per heavy atom. The topological polar surface area (TPSA) is 31.6 Å². The molecule has 0 saturated carbocycles. The van der Waals surface area contributed by atoms with Crippen LogP contribution in [0.25, 0.3) is 175 Å². The van der Waals surface area contributed by atoms with Gasteiger partial charge in [-0.15, -0.1) is 0 Å². The second-order valence-corrected chi connectivity index (χ2v) is 21.4. The second kappa shape index (κ2) is 14.7. The average molecular weight is 988 g/mol. The largest absolute Gasteiger partial charge is 0.309 e. The molecule has 19 rings (SSSR count). The Bertz CT molecular complexity index is 5790. The monoisotopic (exact) mass is 987 g/mol. The molecule has 0 aliphatic heterocycles. The maximum absolute atomic E-state index is 5.74. The van der Waals surface area contributed by atoms with Gasteiger partial charge in [0.25, 0.3) is 0 Å². The first-order chi connectivity index (χ1) is 38.7. The van der Waals surface area contributed by atoms with Crippen molar-refractivity contribution in [2.45, 2.75) is 0 Å². The van der Waals surface area contributed by atoms with Crippen LogP contribution in [-0.2, 0) is 0 Å². The zero-order chi connectivity index (χ0) is 50.5. The summed E-state index contributed by atoms with van der Waals surface area (Å²) in [6.07, 6.45) is 2.18. The van der Waals surface area contributed by atoms with Crippen LogP contribution in [0.15, 0.2) is 249 Å². The number of rotatable bonds is 4. The standard InChI is InChI=1S/C73H41N5/c1-3-19-46(20-4-1)75-60-31-13-11-25-51(60)57-38-44(33-35-62(57)75)50-27-15-28-53-54-29-16-30-55-66-64(77(69(50)53)70(54)55)41-74-73-68(66)67-49-24-10-8-18-43(49)40-59-65-48-23-9-7-17-42(48)37-56(71(65)78(73)72(59)67)45-34-36-63-58(39-45)52-26-12-14-32-61(52)76(63)47-21-5-2-6-22-47/h1-41H. The summed E-state index contributed by atoms with van der Waals surface area (Å²) in [5, 5.41) is 19.8. The Morgan fingerprint density at radius 3 is 1.44 bits per heavy atom. The van der Waals surface area contributed by atoms with E-state index in [2.05, 4.69) is 267 Å². The number of nitrogens with zero attached hydrogens (tertiary/aromatic N) is 5. The second-order valence-electron chi connectivity index (χ2n) is 21.4. The third-order valence-electron chi connectivity index (χ3n) is 17.6. The number of fused-ring (bicyclic) bond motifs is 23. The smallest absolute Gasteiger partial charge is 0.146 e. The van der Waals surface area contributed by atoms with Crippen LogP contribution in [0.4, 0.5) is 0 Å². The summed E-state index contributed by atoms with van der Waals surface area (Å²) in [7, 11) is 0. The fourth-order valence-corrected chi connectivity index (χ4v) is 14.5. The molecule has 0 radical (unpaired) electrons. The lowest BCUT2D eigenvalue weighted by Gasteiger charge is -2.12. The molecule has 0 aliphatic carbocycles. The Kier molecular flexibility index (Phi) is 7.68. The minimum Gasteiger partial charge on any atom is -0.309 e. The van der Waals surface area contributed by atoms with E-state index in [1.165, 1.54) is 153 Å². The molecule has 0 fully saturated rings. The molecule has 7 aromatic heterocycles. The lowest BCUT2D eigenvalue weighted by atomic mass is 9.93. The van der Waals surface area contributed by atoms with Crippen LogP contribution < -0.4 is 0 Å². The molecule has 19 aromatic rings. The number of para-hydroxylation sites is 6. The fraction of sp³-hybridized carbons (Fsp3) is 0. The third-order valence-corrected chi connectivity index (χ3v) is 17.6. The van der Waals surface area contributed by atoms with Crippen LogP contribution in [0, 0.1) is 0 Å². The minimum absolute atomic E-state index is 0.978. The van der Waals surface area contributed by atoms with Crippen molar-refractivity contribution in [2.24, 2.45) is 0 Å². The molecule has 0 bridgehead atoms. The molecule has 358 valence electrons. The van der Waals surface area contributed by atoms with E-state index in [9.17, 15) is 0 Å². The van der Waals surface area contributed by atoms with Gasteiger partial charge in [-0.25, -0.2) is 4.98 Å². The van der Waals surface area contributed by atoms with Crippen LogP contribution in [0.1, 0.15) is 0 Å². The first-order valence-electron chi connectivity index (χ1n) is 27.0. The molecule has 0 N–H and O–H groups in total. The molecule has 5 heteroatoms. The Hall–Kier alpha value is -10.5. The van der Waals surface area contributed by atoms with Crippen molar-refractivity contribution >= 4 is 141 Å². The van der Waals surface area contributed by atoms with Crippen molar-refractivity contribution in [3.63, 3.8) is 0 Å². The molecule has 12 aromatic carbocycles. The average Bonchev–Trinajstić information content (AvgIpc) is 3.63. The van der Waals surface area contributed by atoms with Gasteiger partial charge in [0.2, 0.25) is 0 Å². The number of aromatic nitrogens is 5. The summed E-state index contributed by atoms with van der Waals surface area (Å²) in [6, 6.07) is 89.9. The van der Waals surface area contributed by atoms with E-state index < -0.39 is 0 Å². The predicted octanol–water partition coefficient (Wildman–Crippen LogP) is 19.2. The summed E-state index contributed by atoms with van der Waals surface area (Å²) in [6.45, 7) is 0. The van der Waals surface area contributed by atoms with E-state index >= 15 is 0 Å². The summed E-state index contributed by atoms with van der Waals surface area (Å²) in [5.41, 5.74) is 18.8. The molecular formula is C73H41N5. The Labute approximate surface area is 444 Å². The van der Waals surface area contributed by atoms with Gasteiger partial charge in [0.1, 0.15) is 5.65 Å². The van der Waals surface area contributed by atoms with Gasteiger partial charge in [-0.1, -0.05) is 170 Å². The predicted molar refractivity (Wildman–Crippen MR) is 328 cm³/mol. The SMILES string of the molecule is c1ccc(-n2c3ccccc3c3cc(-c4cccc5c6cccc7c8c9c%10c%11ccccc%11cc%11c%12c%13ccccc%13cc(-c%13ccc%14c(c%13)c%13ccccc%13n%14-c%13ccccc%13)c%12n(c9ncc8n(c45)c67)c%11%10)ccc32)cc1. The number of benzene rings is 12. The maximum atomic E-state index is 5.74. The molecular weight excluding hydrogens is 947 g/mol.